The van der Waals surface area contributed by atoms with Crippen LogP contribution in [0.4, 0.5) is 0 Å². The minimum absolute atomic E-state index is 0.136. The number of hydrogen-bond donors (Lipinski definition) is 0. The van der Waals surface area contributed by atoms with Crippen LogP contribution in [0.1, 0.15) is 53.2 Å². The predicted molar refractivity (Wildman–Crippen MR) is 128 cm³/mol. The summed E-state index contributed by atoms with van der Waals surface area (Å²) in [7, 11) is 0. The Bertz CT molecular complexity index is 1010. The fraction of sp³-hybridized carbons (Fsp3) is 0.385. The number of ether oxygens (including phenoxy) is 1. The van der Waals surface area contributed by atoms with E-state index in [4.69, 9.17) is 9.72 Å². The van der Waals surface area contributed by atoms with Gasteiger partial charge in [0.25, 0.3) is 0 Å². The second-order valence-electron chi connectivity index (χ2n) is 8.17. The summed E-state index contributed by atoms with van der Waals surface area (Å²) >= 11 is 1.59. The van der Waals surface area contributed by atoms with Crippen LogP contribution in [0.25, 0.3) is 0 Å². The summed E-state index contributed by atoms with van der Waals surface area (Å²) in [5.41, 5.74) is 5.55. The quantitative estimate of drug-likeness (QED) is 0.412. The molecule has 31 heavy (non-hydrogen) atoms. The number of carbonyl (C=O) groups excluding carboxylic acids is 1. The number of carbonyl (C=O) groups is 1. The molecule has 1 atom stereocenters. The van der Waals surface area contributed by atoms with E-state index in [1.165, 1.54) is 11.1 Å². The van der Waals surface area contributed by atoms with Gasteiger partial charge < -0.3 is 9.64 Å². The van der Waals surface area contributed by atoms with Crippen LogP contribution in [0.2, 0.25) is 0 Å². The number of thiazole rings is 1. The fourth-order valence-corrected chi connectivity index (χ4v) is 4.23. The van der Waals surface area contributed by atoms with E-state index < -0.39 is 0 Å². The van der Waals surface area contributed by atoms with E-state index in [1.54, 1.807) is 11.3 Å². The lowest BCUT2D eigenvalue weighted by molar-refractivity contribution is -0.133. The Kier molecular flexibility index (Phi) is 7.85. The first-order valence-corrected chi connectivity index (χ1v) is 11.7. The van der Waals surface area contributed by atoms with Crippen LogP contribution >= 0.6 is 11.3 Å². The SMILES string of the molecule is CCC(C)N(Cc1csc(COc2cc(C)cc(C)c2C)n1)C(=O)Cc1ccccc1. The van der Waals surface area contributed by atoms with Crippen LogP contribution in [0.3, 0.4) is 0 Å². The second kappa shape index (κ2) is 10.6. The molecule has 1 unspecified atom stereocenters. The van der Waals surface area contributed by atoms with Gasteiger partial charge in [0.1, 0.15) is 17.4 Å². The maximum atomic E-state index is 13.0. The topological polar surface area (TPSA) is 42.4 Å². The summed E-state index contributed by atoms with van der Waals surface area (Å²) in [6, 6.07) is 14.3. The Labute approximate surface area is 189 Å². The Morgan fingerprint density at radius 2 is 1.90 bits per heavy atom. The lowest BCUT2D eigenvalue weighted by atomic mass is 10.1. The summed E-state index contributed by atoms with van der Waals surface area (Å²) in [4.78, 5) is 19.7. The van der Waals surface area contributed by atoms with Crippen LogP contribution in [0.15, 0.2) is 47.8 Å². The molecule has 1 heterocycles. The molecule has 5 heteroatoms. The van der Waals surface area contributed by atoms with E-state index in [1.807, 2.05) is 40.6 Å². The minimum atomic E-state index is 0.136. The third-order valence-corrected chi connectivity index (χ3v) is 6.56. The molecule has 0 radical (unpaired) electrons. The van der Waals surface area contributed by atoms with Gasteiger partial charge in [-0.1, -0.05) is 43.3 Å². The molecule has 4 nitrogen and oxygen atoms in total. The number of amides is 1. The largest absolute Gasteiger partial charge is 0.486 e. The van der Waals surface area contributed by atoms with Crippen molar-refractivity contribution in [3.8, 4) is 5.75 Å². The van der Waals surface area contributed by atoms with Gasteiger partial charge in [0.15, 0.2) is 0 Å². The Balaban J connectivity index is 1.66. The molecule has 0 bridgehead atoms. The first-order valence-electron chi connectivity index (χ1n) is 10.8. The highest BCUT2D eigenvalue weighted by molar-refractivity contribution is 7.09. The summed E-state index contributed by atoms with van der Waals surface area (Å²) < 4.78 is 6.07. The number of aryl methyl sites for hydroxylation is 2. The average Bonchev–Trinajstić information content (AvgIpc) is 3.21. The van der Waals surface area contributed by atoms with Gasteiger partial charge in [-0.2, -0.15) is 0 Å². The van der Waals surface area contributed by atoms with Crippen LogP contribution in [0.5, 0.6) is 5.75 Å². The molecule has 0 fully saturated rings. The monoisotopic (exact) mass is 436 g/mol. The molecular formula is C26H32N2O2S. The molecule has 0 aliphatic heterocycles. The van der Waals surface area contributed by atoms with E-state index in [-0.39, 0.29) is 11.9 Å². The summed E-state index contributed by atoms with van der Waals surface area (Å²) in [6.45, 7) is 11.4. The summed E-state index contributed by atoms with van der Waals surface area (Å²) in [5.74, 6) is 1.05. The van der Waals surface area contributed by atoms with Crippen LogP contribution < -0.4 is 4.74 Å². The lowest BCUT2D eigenvalue weighted by Gasteiger charge is -2.28. The Morgan fingerprint density at radius 1 is 1.16 bits per heavy atom. The highest BCUT2D eigenvalue weighted by Crippen LogP contribution is 2.25. The Morgan fingerprint density at radius 3 is 2.61 bits per heavy atom. The molecule has 0 saturated heterocycles. The maximum Gasteiger partial charge on any atom is 0.227 e. The minimum Gasteiger partial charge on any atom is -0.486 e. The first kappa shape index (κ1) is 23.0. The molecule has 0 N–H and O–H groups in total. The van der Waals surface area contributed by atoms with Gasteiger partial charge in [0.05, 0.1) is 18.7 Å². The molecule has 0 aliphatic carbocycles. The van der Waals surface area contributed by atoms with E-state index in [0.29, 0.717) is 19.6 Å². The zero-order valence-corrected chi connectivity index (χ0v) is 20.0. The molecule has 1 aromatic heterocycles. The molecule has 3 rings (SSSR count). The number of nitrogens with zero attached hydrogens (tertiary/aromatic N) is 2. The van der Waals surface area contributed by atoms with E-state index in [9.17, 15) is 4.79 Å². The van der Waals surface area contributed by atoms with E-state index >= 15 is 0 Å². The predicted octanol–water partition coefficient (Wildman–Crippen LogP) is 6.02. The zero-order valence-electron chi connectivity index (χ0n) is 19.1. The molecule has 2 aromatic carbocycles. The number of hydrogen-bond acceptors (Lipinski definition) is 4. The van der Waals surface area contributed by atoms with Crippen molar-refractivity contribution in [2.75, 3.05) is 0 Å². The van der Waals surface area contributed by atoms with Crippen molar-refractivity contribution in [1.82, 2.24) is 9.88 Å². The summed E-state index contributed by atoms with van der Waals surface area (Å²) in [5, 5.41) is 2.96. The number of rotatable bonds is 9. The van der Waals surface area contributed by atoms with Crippen molar-refractivity contribution in [3.63, 3.8) is 0 Å². The van der Waals surface area contributed by atoms with Gasteiger partial charge in [0.2, 0.25) is 5.91 Å². The van der Waals surface area contributed by atoms with Crippen LogP contribution in [-0.2, 0) is 24.4 Å². The smallest absolute Gasteiger partial charge is 0.227 e. The lowest BCUT2D eigenvalue weighted by Crippen LogP contribution is -2.38. The average molecular weight is 437 g/mol. The van der Waals surface area contributed by atoms with Crippen molar-refractivity contribution in [2.45, 2.75) is 66.7 Å². The van der Waals surface area contributed by atoms with Gasteiger partial charge in [-0.3, -0.25) is 4.79 Å². The molecule has 0 saturated carbocycles. The van der Waals surface area contributed by atoms with Crippen molar-refractivity contribution >= 4 is 17.2 Å². The second-order valence-corrected chi connectivity index (χ2v) is 9.11. The maximum absolute atomic E-state index is 13.0. The van der Waals surface area contributed by atoms with Gasteiger partial charge in [-0.25, -0.2) is 4.98 Å². The van der Waals surface area contributed by atoms with E-state index in [2.05, 4.69) is 46.8 Å². The molecule has 0 aliphatic rings. The van der Waals surface area contributed by atoms with Crippen molar-refractivity contribution in [3.05, 3.63) is 80.8 Å². The number of aromatic nitrogens is 1. The van der Waals surface area contributed by atoms with Crippen molar-refractivity contribution < 1.29 is 9.53 Å². The molecule has 1 amide bonds. The van der Waals surface area contributed by atoms with Crippen molar-refractivity contribution in [1.29, 1.82) is 0 Å². The Hall–Kier alpha value is -2.66. The highest BCUT2D eigenvalue weighted by Gasteiger charge is 2.21. The van der Waals surface area contributed by atoms with Crippen molar-refractivity contribution in [2.24, 2.45) is 0 Å². The molecular weight excluding hydrogens is 404 g/mol. The van der Waals surface area contributed by atoms with Crippen LogP contribution in [-0.4, -0.2) is 21.8 Å². The van der Waals surface area contributed by atoms with Gasteiger partial charge in [-0.15, -0.1) is 11.3 Å². The van der Waals surface area contributed by atoms with Gasteiger partial charge in [-0.05, 0) is 62.4 Å². The molecule has 164 valence electrons. The third kappa shape index (κ3) is 6.17. The third-order valence-electron chi connectivity index (χ3n) is 5.69. The molecule has 3 aromatic rings. The summed E-state index contributed by atoms with van der Waals surface area (Å²) in [6.07, 6.45) is 1.32. The van der Waals surface area contributed by atoms with Gasteiger partial charge in [0, 0.05) is 11.4 Å². The molecule has 0 spiro atoms. The zero-order chi connectivity index (χ0) is 22.4. The highest BCUT2D eigenvalue weighted by atomic mass is 32.1. The number of benzene rings is 2. The standard InChI is InChI=1S/C26H32N2O2S/c1-6-20(4)28(26(29)14-22-10-8-7-9-11-22)15-23-17-31-25(27-23)16-30-24-13-18(2)12-19(3)21(24)5/h7-13,17,20H,6,14-16H2,1-5H3. The normalized spacial score (nSPS) is 11.9. The first-order chi connectivity index (χ1) is 14.9. The van der Waals surface area contributed by atoms with Crippen LogP contribution in [0, 0.1) is 20.8 Å². The fourth-order valence-electron chi connectivity index (χ4n) is 3.53. The van der Waals surface area contributed by atoms with Gasteiger partial charge >= 0.3 is 0 Å². The van der Waals surface area contributed by atoms with E-state index in [0.717, 1.165) is 34.0 Å².